The molecule has 1 aromatic heterocycles. The van der Waals surface area contributed by atoms with E-state index in [2.05, 4.69) is 10.2 Å². The monoisotopic (exact) mass is 485 g/mol. The number of aromatic nitrogens is 2. The number of anilines is 1. The van der Waals surface area contributed by atoms with Crippen LogP contribution in [0.15, 0.2) is 27.8 Å². The van der Waals surface area contributed by atoms with E-state index < -0.39 is 19.9 Å². The van der Waals surface area contributed by atoms with E-state index in [1.807, 2.05) is 0 Å². The number of sulfone groups is 1. The molecule has 4 rings (SSSR count). The fraction of sp³-hybridized carbons (Fsp3) is 0.526. The summed E-state index contributed by atoms with van der Waals surface area (Å²) in [6, 6.07) is 5.09. The number of nitrogens with zero attached hydrogens (tertiary/aromatic N) is 3. The molecule has 0 aliphatic carbocycles. The minimum atomic E-state index is -3.32. The Bertz CT molecular complexity index is 1210. The molecule has 0 spiro atoms. The van der Waals surface area contributed by atoms with Crippen molar-refractivity contribution in [1.29, 1.82) is 0 Å². The molecule has 9 nitrogen and oxygen atoms in total. The van der Waals surface area contributed by atoms with E-state index in [1.165, 1.54) is 4.31 Å². The van der Waals surface area contributed by atoms with Gasteiger partial charge in [0.05, 0.1) is 28.7 Å². The van der Waals surface area contributed by atoms with Crippen LogP contribution >= 0.6 is 11.8 Å². The van der Waals surface area contributed by atoms with Crippen LogP contribution < -0.4 is 4.31 Å². The van der Waals surface area contributed by atoms with Crippen molar-refractivity contribution in [2.45, 2.75) is 31.4 Å². The number of Topliss-reactive ketones (excluding diaryl/α,β-unsaturated/α-hetero) is 1. The van der Waals surface area contributed by atoms with E-state index in [0.29, 0.717) is 42.9 Å². The van der Waals surface area contributed by atoms with Gasteiger partial charge in [0.15, 0.2) is 15.6 Å². The first-order chi connectivity index (χ1) is 14.7. The number of carbonyl (C=O) groups is 1. The molecular weight excluding hydrogens is 462 g/mol. The SMILES string of the molecule is CCS(=O)(=O)N1CCc2cc(C(=O)CSc3nnc(C[C@H]4CCS(=O)(=O)C4)o3)ccc21. The molecule has 12 heteroatoms. The lowest BCUT2D eigenvalue weighted by Crippen LogP contribution is -2.30. The minimum absolute atomic E-state index is 0.00701. The number of hydrogen-bond acceptors (Lipinski definition) is 9. The predicted octanol–water partition coefficient (Wildman–Crippen LogP) is 1.73. The molecule has 1 atom stereocenters. The van der Waals surface area contributed by atoms with Crippen molar-refractivity contribution in [3.8, 4) is 0 Å². The number of carbonyl (C=O) groups excluding carboxylic acids is 1. The zero-order valence-corrected chi connectivity index (χ0v) is 19.4. The van der Waals surface area contributed by atoms with Crippen LogP contribution in [0.4, 0.5) is 5.69 Å². The van der Waals surface area contributed by atoms with Gasteiger partial charge in [-0.05, 0) is 49.4 Å². The Hall–Kier alpha value is -1.92. The highest BCUT2D eigenvalue weighted by molar-refractivity contribution is 7.99. The molecule has 2 aromatic rings. The molecule has 3 heterocycles. The smallest absolute Gasteiger partial charge is 0.277 e. The summed E-state index contributed by atoms with van der Waals surface area (Å²) in [5.41, 5.74) is 2.00. The van der Waals surface area contributed by atoms with E-state index in [9.17, 15) is 21.6 Å². The molecule has 0 unspecified atom stereocenters. The molecule has 31 heavy (non-hydrogen) atoms. The van der Waals surface area contributed by atoms with Gasteiger partial charge in [0.25, 0.3) is 5.22 Å². The van der Waals surface area contributed by atoms with Crippen LogP contribution in [0.25, 0.3) is 0 Å². The number of thioether (sulfide) groups is 1. The second-order valence-electron chi connectivity index (χ2n) is 7.71. The lowest BCUT2D eigenvalue weighted by atomic mass is 10.1. The summed E-state index contributed by atoms with van der Waals surface area (Å²) >= 11 is 1.13. The highest BCUT2D eigenvalue weighted by Gasteiger charge is 2.30. The zero-order valence-electron chi connectivity index (χ0n) is 17.0. The fourth-order valence-corrected chi connectivity index (χ4v) is 7.56. The van der Waals surface area contributed by atoms with Gasteiger partial charge in [-0.15, -0.1) is 10.2 Å². The number of hydrogen-bond donors (Lipinski definition) is 0. The van der Waals surface area contributed by atoms with Crippen LogP contribution in [0.1, 0.15) is 35.2 Å². The third kappa shape index (κ3) is 4.96. The van der Waals surface area contributed by atoms with Crippen molar-refractivity contribution in [1.82, 2.24) is 10.2 Å². The Kier molecular flexibility index (Phi) is 6.14. The topological polar surface area (TPSA) is 128 Å². The van der Waals surface area contributed by atoms with Crippen LogP contribution in [0.5, 0.6) is 0 Å². The summed E-state index contributed by atoms with van der Waals surface area (Å²) in [6.07, 6.45) is 1.59. The quantitative estimate of drug-likeness (QED) is 0.405. The second kappa shape index (κ2) is 8.55. The maximum atomic E-state index is 12.6. The molecule has 0 bridgehead atoms. The van der Waals surface area contributed by atoms with Gasteiger partial charge in [-0.3, -0.25) is 9.10 Å². The molecule has 2 aliphatic heterocycles. The van der Waals surface area contributed by atoms with Crippen LogP contribution in [-0.2, 0) is 32.7 Å². The molecular formula is C19H23N3O6S3. The zero-order chi connectivity index (χ0) is 22.2. The normalized spacial score (nSPS) is 20.2. The molecule has 2 aliphatic rings. The van der Waals surface area contributed by atoms with Gasteiger partial charge in [-0.1, -0.05) is 11.8 Å². The van der Waals surface area contributed by atoms with Crippen molar-refractivity contribution in [2.24, 2.45) is 5.92 Å². The summed E-state index contributed by atoms with van der Waals surface area (Å²) in [5.74, 6) is 0.739. The van der Waals surface area contributed by atoms with Crippen LogP contribution in [-0.4, -0.2) is 62.4 Å². The van der Waals surface area contributed by atoms with Gasteiger partial charge in [0, 0.05) is 18.5 Å². The van der Waals surface area contributed by atoms with Crippen LogP contribution in [0, 0.1) is 5.92 Å². The lowest BCUT2D eigenvalue weighted by Gasteiger charge is -2.18. The highest BCUT2D eigenvalue weighted by atomic mass is 32.2. The van der Waals surface area contributed by atoms with Gasteiger partial charge < -0.3 is 4.42 Å². The Morgan fingerprint density at radius 1 is 1.32 bits per heavy atom. The Balaban J connectivity index is 1.35. The van der Waals surface area contributed by atoms with E-state index >= 15 is 0 Å². The van der Waals surface area contributed by atoms with Crippen molar-refractivity contribution in [3.63, 3.8) is 0 Å². The number of rotatable bonds is 8. The molecule has 1 saturated heterocycles. The second-order valence-corrected chi connectivity index (χ2v) is 13.1. The Morgan fingerprint density at radius 3 is 2.84 bits per heavy atom. The van der Waals surface area contributed by atoms with E-state index in [1.54, 1.807) is 25.1 Å². The molecule has 168 valence electrons. The third-order valence-corrected chi connectivity index (χ3v) is 9.96. The van der Waals surface area contributed by atoms with Gasteiger partial charge in [-0.2, -0.15) is 0 Å². The summed E-state index contributed by atoms with van der Waals surface area (Å²) < 4.78 is 54.5. The maximum Gasteiger partial charge on any atom is 0.277 e. The first-order valence-corrected chi connectivity index (χ1v) is 14.4. The van der Waals surface area contributed by atoms with Crippen molar-refractivity contribution >= 4 is 43.1 Å². The maximum absolute atomic E-state index is 12.6. The number of sulfonamides is 1. The largest absolute Gasteiger partial charge is 0.416 e. The molecule has 0 N–H and O–H groups in total. The van der Waals surface area contributed by atoms with E-state index in [-0.39, 0.29) is 39.9 Å². The van der Waals surface area contributed by atoms with Gasteiger partial charge in [0.1, 0.15) is 0 Å². The third-order valence-electron chi connectivity index (χ3n) is 5.52. The van der Waals surface area contributed by atoms with Crippen molar-refractivity contribution < 1.29 is 26.0 Å². The standard InChI is InChI=1S/C19H23N3O6S3/c1-2-31(26,27)22-7-5-14-10-15(3-4-16(14)22)17(23)11-29-19-21-20-18(28-19)9-13-6-8-30(24,25)12-13/h3-4,10,13H,2,5-9,11-12H2,1H3/t13-/m1/s1. The average molecular weight is 486 g/mol. The molecule has 1 aromatic carbocycles. The highest BCUT2D eigenvalue weighted by Crippen LogP contribution is 2.32. The fourth-order valence-electron chi connectivity index (χ4n) is 3.86. The summed E-state index contributed by atoms with van der Waals surface area (Å²) in [7, 11) is -6.28. The Morgan fingerprint density at radius 2 is 2.13 bits per heavy atom. The predicted molar refractivity (Wildman–Crippen MR) is 117 cm³/mol. The molecule has 0 radical (unpaired) electrons. The molecule has 1 fully saturated rings. The van der Waals surface area contributed by atoms with Crippen molar-refractivity contribution in [3.05, 3.63) is 35.2 Å². The van der Waals surface area contributed by atoms with Gasteiger partial charge in [0.2, 0.25) is 15.9 Å². The van der Waals surface area contributed by atoms with E-state index in [0.717, 1.165) is 17.3 Å². The van der Waals surface area contributed by atoms with Crippen LogP contribution in [0.3, 0.4) is 0 Å². The minimum Gasteiger partial charge on any atom is -0.416 e. The van der Waals surface area contributed by atoms with Gasteiger partial charge in [-0.25, -0.2) is 16.8 Å². The summed E-state index contributed by atoms with van der Waals surface area (Å²) in [6.45, 7) is 2.01. The molecule has 0 saturated carbocycles. The molecule has 0 amide bonds. The number of ketones is 1. The summed E-state index contributed by atoms with van der Waals surface area (Å²) in [4.78, 5) is 12.6. The first-order valence-electron chi connectivity index (χ1n) is 9.99. The summed E-state index contributed by atoms with van der Waals surface area (Å²) in [5, 5.41) is 8.16. The van der Waals surface area contributed by atoms with E-state index in [4.69, 9.17) is 4.42 Å². The first kappa shape index (κ1) is 22.3. The number of fused-ring (bicyclic) bond motifs is 1. The Labute approximate surface area is 185 Å². The average Bonchev–Trinajstić information content (AvgIpc) is 3.44. The van der Waals surface area contributed by atoms with Crippen LogP contribution in [0.2, 0.25) is 0 Å². The lowest BCUT2D eigenvalue weighted by molar-refractivity contribution is 0.102. The van der Waals surface area contributed by atoms with Gasteiger partial charge >= 0.3 is 0 Å². The van der Waals surface area contributed by atoms with Crippen molar-refractivity contribution in [2.75, 3.05) is 33.9 Å². The number of benzene rings is 1.